The molecule has 0 aliphatic heterocycles. The van der Waals surface area contributed by atoms with Gasteiger partial charge >= 0.3 is 0 Å². The normalized spacial score (nSPS) is 28.0. The summed E-state index contributed by atoms with van der Waals surface area (Å²) in [5.74, 6) is 2.14. The van der Waals surface area contributed by atoms with Gasteiger partial charge in [0.05, 0.1) is 0 Å². The van der Waals surface area contributed by atoms with Crippen LogP contribution in [0.2, 0.25) is 0 Å². The number of hydrogen-bond acceptors (Lipinski definition) is 1. The summed E-state index contributed by atoms with van der Waals surface area (Å²) in [6, 6.07) is 29.0. The highest BCUT2D eigenvalue weighted by Gasteiger charge is 2.59. The topological polar surface area (TPSA) is 12.9 Å². The van der Waals surface area contributed by atoms with Crippen LogP contribution in [0.25, 0.3) is 0 Å². The van der Waals surface area contributed by atoms with E-state index in [2.05, 4.69) is 86.6 Å². The second-order valence-electron chi connectivity index (χ2n) is 8.99. The first kappa shape index (κ1) is 18.1. The van der Waals surface area contributed by atoms with Crippen molar-refractivity contribution in [3.8, 4) is 0 Å². The van der Waals surface area contributed by atoms with E-state index in [1.807, 2.05) is 12.3 Å². The fourth-order valence-electron chi connectivity index (χ4n) is 5.72. The molecule has 0 radical (unpaired) electrons. The Hall–Kier alpha value is -1.98. The molecule has 0 N–H and O–H groups in total. The van der Waals surface area contributed by atoms with Crippen LogP contribution in [-0.2, 0) is 0 Å². The van der Waals surface area contributed by atoms with Crippen molar-refractivity contribution in [1.29, 1.82) is 0 Å². The number of nitrogens with zero attached hydrogens (tertiary/aromatic N) is 1. The van der Waals surface area contributed by atoms with Crippen molar-refractivity contribution in [3.63, 3.8) is 0 Å². The molecule has 3 saturated carbocycles. The molecular formula is C26H28NP. The molecule has 4 atom stereocenters. The van der Waals surface area contributed by atoms with Crippen LogP contribution in [0, 0.1) is 17.3 Å². The third-order valence-electron chi connectivity index (χ3n) is 7.35. The minimum absolute atomic E-state index is 0.410. The van der Waals surface area contributed by atoms with Crippen LogP contribution < -0.4 is 10.6 Å². The summed E-state index contributed by atoms with van der Waals surface area (Å²) >= 11 is 0. The minimum atomic E-state index is -0.410. The van der Waals surface area contributed by atoms with Crippen LogP contribution in [0.5, 0.6) is 0 Å². The SMILES string of the molecule is CC1(C)[C@H]2C[C@@H](P(c3ccccc3)c3ccccc3)[C@H](c3ccccn3)[C@@H]1C2. The maximum atomic E-state index is 4.87. The van der Waals surface area contributed by atoms with E-state index in [9.17, 15) is 0 Å². The Bertz CT molecular complexity index is 883. The predicted octanol–water partition coefficient (Wildman–Crippen LogP) is 5.73. The number of rotatable bonds is 4. The summed E-state index contributed by atoms with van der Waals surface area (Å²) in [5, 5.41) is 3.02. The van der Waals surface area contributed by atoms with Crippen molar-refractivity contribution < 1.29 is 0 Å². The van der Waals surface area contributed by atoms with Crippen molar-refractivity contribution in [1.82, 2.24) is 4.98 Å². The average molecular weight is 385 g/mol. The van der Waals surface area contributed by atoms with Crippen LogP contribution in [0.3, 0.4) is 0 Å². The van der Waals surface area contributed by atoms with Crippen molar-refractivity contribution in [2.45, 2.75) is 38.3 Å². The summed E-state index contributed by atoms with van der Waals surface area (Å²) < 4.78 is 0. The minimum Gasteiger partial charge on any atom is -0.261 e. The van der Waals surface area contributed by atoms with Gasteiger partial charge < -0.3 is 0 Å². The Morgan fingerprint density at radius 1 is 0.786 bits per heavy atom. The largest absolute Gasteiger partial charge is 0.261 e. The van der Waals surface area contributed by atoms with Gasteiger partial charge in [-0.05, 0) is 66.4 Å². The Balaban J connectivity index is 1.63. The number of aromatic nitrogens is 1. The molecule has 142 valence electrons. The summed E-state index contributed by atoms with van der Waals surface area (Å²) in [6.45, 7) is 4.98. The summed E-state index contributed by atoms with van der Waals surface area (Å²) in [7, 11) is -0.410. The monoisotopic (exact) mass is 385 g/mol. The van der Waals surface area contributed by atoms with Gasteiger partial charge in [0.25, 0.3) is 0 Å². The van der Waals surface area contributed by atoms with Gasteiger partial charge in [-0.2, -0.15) is 0 Å². The van der Waals surface area contributed by atoms with Crippen molar-refractivity contribution >= 4 is 18.5 Å². The van der Waals surface area contributed by atoms with Gasteiger partial charge in [0.1, 0.15) is 0 Å². The highest BCUT2D eigenvalue weighted by Crippen LogP contribution is 2.68. The lowest BCUT2D eigenvalue weighted by Gasteiger charge is -2.63. The number of hydrogen-bond donors (Lipinski definition) is 0. The second kappa shape index (κ2) is 7.12. The highest BCUT2D eigenvalue weighted by molar-refractivity contribution is 7.73. The van der Waals surface area contributed by atoms with E-state index in [4.69, 9.17) is 4.98 Å². The number of fused-ring (bicyclic) bond motifs is 2. The summed E-state index contributed by atoms with van der Waals surface area (Å²) in [6.07, 6.45) is 4.68. The molecule has 2 bridgehead atoms. The van der Waals surface area contributed by atoms with Crippen LogP contribution in [-0.4, -0.2) is 10.6 Å². The van der Waals surface area contributed by atoms with Gasteiger partial charge in [-0.25, -0.2) is 0 Å². The van der Waals surface area contributed by atoms with E-state index in [1.165, 1.54) is 29.1 Å². The first-order valence-electron chi connectivity index (χ1n) is 10.5. The Kier molecular flexibility index (Phi) is 4.60. The number of benzene rings is 2. The lowest BCUT2D eigenvalue weighted by Crippen LogP contribution is -2.56. The molecule has 1 heterocycles. The zero-order chi connectivity index (χ0) is 19.1. The van der Waals surface area contributed by atoms with Crippen LogP contribution in [0.4, 0.5) is 0 Å². The summed E-state index contributed by atoms with van der Waals surface area (Å²) in [4.78, 5) is 4.87. The summed E-state index contributed by atoms with van der Waals surface area (Å²) in [5.41, 5.74) is 2.40. The van der Waals surface area contributed by atoms with E-state index >= 15 is 0 Å². The maximum Gasteiger partial charge on any atom is 0.0444 e. The fourth-order valence-corrected chi connectivity index (χ4v) is 8.92. The molecular weight excluding hydrogens is 357 g/mol. The van der Waals surface area contributed by atoms with Crippen molar-refractivity contribution in [3.05, 3.63) is 90.8 Å². The van der Waals surface area contributed by atoms with Gasteiger partial charge in [0.15, 0.2) is 0 Å². The zero-order valence-corrected chi connectivity index (χ0v) is 17.6. The molecule has 3 aliphatic rings. The van der Waals surface area contributed by atoms with Crippen LogP contribution >= 0.6 is 7.92 Å². The van der Waals surface area contributed by atoms with Crippen LogP contribution in [0.15, 0.2) is 85.1 Å². The molecule has 2 heteroatoms. The highest BCUT2D eigenvalue weighted by atomic mass is 31.1. The van der Waals surface area contributed by atoms with Crippen molar-refractivity contribution in [2.24, 2.45) is 17.3 Å². The van der Waals surface area contributed by atoms with E-state index in [0.717, 1.165) is 11.8 Å². The first-order valence-corrected chi connectivity index (χ1v) is 11.9. The fraction of sp³-hybridized carbons (Fsp3) is 0.346. The van der Waals surface area contributed by atoms with Gasteiger partial charge in [0.2, 0.25) is 0 Å². The Morgan fingerprint density at radius 3 is 1.93 bits per heavy atom. The molecule has 3 aromatic rings. The lowest BCUT2D eigenvalue weighted by atomic mass is 9.45. The zero-order valence-electron chi connectivity index (χ0n) is 16.7. The third-order valence-corrected chi connectivity index (χ3v) is 10.3. The molecule has 6 rings (SSSR count). The van der Waals surface area contributed by atoms with Crippen molar-refractivity contribution in [2.75, 3.05) is 0 Å². The van der Waals surface area contributed by atoms with E-state index < -0.39 is 7.92 Å². The van der Waals surface area contributed by atoms with E-state index in [-0.39, 0.29) is 0 Å². The first-order chi connectivity index (χ1) is 13.7. The Morgan fingerprint density at radius 2 is 1.39 bits per heavy atom. The maximum absolute atomic E-state index is 4.87. The quantitative estimate of drug-likeness (QED) is 0.523. The molecule has 28 heavy (non-hydrogen) atoms. The smallest absolute Gasteiger partial charge is 0.0444 e. The molecule has 1 nitrogen and oxygen atoms in total. The Labute approximate surface area is 170 Å². The molecule has 3 fully saturated rings. The standard InChI is InChI=1S/C26H28NP/c1-26(2)19-17-22(26)25(23-15-9-10-16-27-23)24(18-19)28(20-11-5-3-6-12-20)21-13-7-4-8-14-21/h3-16,19,22,24-25H,17-18H2,1-2H3/t19-,22+,24-,25+/m1/s1. The van der Waals surface area contributed by atoms with Gasteiger partial charge in [-0.1, -0.05) is 80.6 Å². The molecule has 0 unspecified atom stereocenters. The predicted molar refractivity (Wildman–Crippen MR) is 120 cm³/mol. The van der Waals surface area contributed by atoms with Crippen LogP contribution in [0.1, 0.15) is 38.3 Å². The molecule has 0 saturated heterocycles. The van der Waals surface area contributed by atoms with E-state index in [0.29, 0.717) is 17.0 Å². The molecule has 2 aromatic carbocycles. The lowest BCUT2D eigenvalue weighted by molar-refractivity contribution is -0.0785. The number of pyridine rings is 1. The average Bonchev–Trinajstić information content (AvgIpc) is 2.76. The molecule has 3 aliphatic carbocycles. The molecule has 0 amide bonds. The van der Waals surface area contributed by atoms with E-state index in [1.54, 1.807) is 0 Å². The molecule has 0 spiro atoms. The second-order valence-corrected chi connectivity index (χ2v) is 11.4. The van der Waals surface area contributed by atoms with Gasteiger partial charge in [-0.3, -0.25) is 4.98 Å². The molecule has 1 aromatic heterocycles. The third kappa shape index (κ3) is 2.92. The van der Waals surface area contributed by atoms with Gasteiger partial charge in [-0.15, -0.1) is 0 Å². The van der Waals surface area contributed by atoms with Gasteiger partial charge in [0, 0.05) is 17.8 Å².